The van der Waals surface area contributed by atoms with Crippen LogP contribution in [-0.2, 0) is 6.54 Å². The predicted molar refractivity (Wildman–Crippen MR) is 79.4 cm³/mol. The van der Waals surface area contributed by atoms with Crippen molar-refractivity contribution < 1.29 is 4.74 Å². The molecule has 1 fully saturated rings. The number of piperidine rings is 1. The van der Waals surface area contributed by atoms with E-state index in [-0.39, 0.29) is 0 Å². The summed E-state index contributed by atoms with van der Waals surface area (Å²) in [6, 6.07) is 6.50. The number of hydrogen-bond donors (Lipinski definition) is 1. The molecule has 19 heavy (non-hydrogen) atoms. The van der Waals surface area contributed by atoms with Crippen molar-refractivity contribution in [3.8, 4) is 5.75 Å². The molecule has 0 bridgehead atoms. The lowest BCUT2D eigenvalue weighted by atomic mass is 9.94. The Balaban J connectivity index is 1.94. The summed E-state index contributed by atoms with van der Waals surface area (Å²) in [6.07, 6.45) is 3.81. The van der Waals surface area contributed by atoms with E-state index in [1.54, 1.807) is 7.11 Å². The molecule has 0 aromatic heterocycles. The fourth-order valence-electron chi connectivity index (χ4n) is 3.06. The summed E-state index contributed by atoms with van der Waals surface area (Å²) in [4.78, 5) is 2.56. The molecule has 2 N–H and O–H groups in total. The Kier molecular flexibility index (Phi) is 5.23. The average molecular weight is 262 g/mol. The molecular formula is C16H26N2O. The highest BCUT2D eigenvalue weighted by Crippen LogP contribution is 2.23. The SMILES string of the molecule is COc1ccc(CN2CCCC(CCN)C2)cc1C. The van der Waals surface area contributed by atoms with Gasteiger partial charge < -0.3 is 10.5 Å². The first-order chi connectivity index (χ1) is 9.22. The van der Waals surface area contributed by atoms with Crippen LogP contribution in [0.15, 0.2) is 18.2 Å². The van der Waals surface area contributed by atoms with E-state index in [1.807, 2.05) is 0 Å². The van der Waals surface area contributed by atoms with Crippen LogP contribution in [0, 0.1) is 12.8 Å². The molecule has 1 atom stereocenters. The third kappa shape index (κ3) is 3.95. The third-order valence-corrected chi connectivity index (χ3v) is 4.04. The third-order valence-electron chi connectivity index (χ3n) is 4.04. The number of ether oxygens (including phenoxy) is 1. The largest absolute Gasteiger partial charge is 0.496 e. The highest BCUT2D eigenvalue weighted by atomic mass is 16.5. The van der Waals surface area contributed by atoms with Crippen LogP contribution in [0.5, 0.6) is 5.75 Å². The van der Waals surface area contributed by atoms with E-state index in [9.17, 15) is 0 Å². The zero-order valence-electron chi connectivity index (χ0n) is 12.2. The van der Waals surface area contributed by atoms with E-state index in [0.717, 1.165) is 31.2 Å². The van der Waals surface area contributed by atoms with Crippen LogP contribution in [-0.4, -0.2) is 31.6 Å². The van der Waals surface area contributed by atoms with Crippen LogP contribution in [0.2, 0.25) is 0 Å². The van der Waals surface area contributed by atoms with Gasteiger partial charge in [-0.2, -0.15) is 0 Å². The van der Waals surface area contributed by atoms with Crippen LogP contribution in [0.3, 0.4) is 0 Å². The molecule has 1 aliphatic heterocycles. The van der Waals surface area contributed by atoms with Crippen molar-refractivity contribution in [3.05, 3.63) is 29.3 Å². The number of benzene rings is 1. The van der Waals surface area contributed by atoms with Gasteiger partial charge >= 0.3 is 0 Å². The molecule has 3 nitrogen and oxygen atoms in total. The normalized spacial score (nSPS) is 20.5. The summed E-state index contributed by atoms with van der Waals surface area (Å²) in [5.74, 6) is 1.77. The quantitative estimate of drug-likeness (QED) is 0.886. The number of likely N-dealkylation sites (tertiary alicyclic amines) is 1. The predicted octanol–water partition coefficient (Wildman–Crippen LogP) is 2.56. The summed E-state index contributed by atoms with van der Waals surface area (Å²) >= 11 is 0. The molecule has 0 radical (unpaired) electrons. The molecule has 0 aliphatic carbocycles. The van der Waals surface area contributed by atoms with Gasteiger partial charge in [-0.1, -0.05) is 12.1 Å². The minimum Gasteiger partial charge on any atom is -0.496 e. The maximum Gasteiger partial charge on any atom is 0.121 e. The Labute approximate surface area is 116 Å². The Morgan fingerprint density at radius 2 is 2.26 bits per heavy atom. The van der Waals surface area contributed by atoms with Crippen molar-refractivity contribution in [3.63, 3.8) is 0 Å². The van der Waals surface area contributed by atoms with Crippen molar-refractivity contribution in [1.82, 2.24) is 4.90 Å². The molecule has 1 heterocycles. The van der Waals surface area contributed by atoms with E-state index < -0.39 is 0 Å². The van der Waals surface area contributed by atoms with Gasteiger partial charge in [-0.3, -0.25) is 4.90 Å². The molecule has 0 spiro atoms. The lowest BCUT2D eigenvalue weighted by molar-refractivity contribution is 0.163. The molecule has 1 aromatic carbocycles. The summed E-state index contributed by atoms with van der Waals surface area (Å²) in [5.41, 5.74) is 8.28. The second-order valence-electron chi connectivity index (χ2n) is 5.62. The Morgan fingerprint density at radius 3 is 2.95 bits per heavy atom. The van der Waals surface area contributed by atoms with E-state index >= 15 is 0 Å². The summed E-state index contributed by atoms with van der Waals surface area (Å²) in [7, 11) is 1.73. The van der Waals surface area contributed by atoms with Crippen LogP contribution >= 0.6 is 0 Å². The fraction of sp³-hybridized carbons (Fsp3) is 0.625. The highest BCUT2D eigenvalue weighted by Gasteiger charge is 2.19. The Hall–Kier alpha value is -1.06. The van der Waals surface area contributed by atoms with E-state index in [0.29, 0.717) is 0 Å². The first kappa shape index (κ1) is 14.4. The van der Waals surface area contributed by atoms with Crippen molar-refractivity contribution in [2.45, 2.75) is 32.7 Å². The minimum absolute atomic E-state index is 0.790. The van der Waals surface area contributed by atoms with Gasteiger partial charge in [0.25, 0.3) is 0 Å². The molecule has 2 rings (SSSR count). The van der Waals surface area contributed by atoms with Crippen molar-refractivity contribution >= 4 is 0 Å². The van der Waals surface area contributed by atoms with E-state index in [4.69, 9.17) is 10.5 Å². The standard InChI is InChI=1S/C16H26N2O/c1-13-10-15(5-6-16(13)19-2)12-18-9-3-4-14(11-18)7-8-17/h5-6,10,14H,3-4,7-9,11-12,17H2,1-2H3. The Bertz CT molecular complexity index is 404. The van der Waals surface area contributed by atoms with Crippen LogP contribution in [0.25, 0.3) is 0 Å². The summed E-state index contributed by atoms with van der Waals surface area (Å²) in [5, 5.41) is 0. The number of hydrogen-bond acceptors (Lipinski definition) is 3. The zero-order valence-corrected chi connectivity index (χ0v) is 12.2. The molecule has 1 saturated heterocycles. The van der Waals surface area contributed by atoms with Gasteiger partial charge in [0.1, 0.15) is 5.75 Å². The molecule has 1 unspecified atom stereocenters. The van der Waals surface area contributed by atoms with Gasteiger partial charge in [0, 0.05) is 13.1 Å². The summed E-state index contributed by atoms with van der Waals surface area (Å²) in [6.45, 7) is 6.39. The maximum absolute atomic E-state index is 5.68. The minimum atomic E-state index is 0.790. The van der Waals surface area contributed by atoms with Crippen molar-refractivity contribution in [1.29, 1.82) is 0 Å². The van der Waals surface area contributed by atoms with Gasteiger partial charge in [0.2, 0.25) is 0 Å². The van der Waals surface area contributed by atoms with Gasteiger partial charge in [0.05, 0.1) is 7.11 Å². The second-order valence-corrected chi connectivity index (χ2v) is 5.62. The van der Waals surface area contributed by atoms with Gasteiger partial charge in [-0.15, -0.1) is 0 Å². The fourth-order valence-corrected chi connectivity index (χ4v) is 3.06. The first-order valence-corrected chi connectivity index (χ1v) is 7.29. The van der Waals surface area contributed by atoms with Crippen LogP contribution in [0.4, 0.5) is 0 Å². The number of aryl methyl sites for hydroxylation is 1. The van der Waals surface area contributed by atoms with Gasteiger partial charge in [-0.25, -0.2) is 0 Å². The summed E-state index contributed by atoms with van der Waals surface area (Å²) < 4.78 is 5.31. The highest BCUT2D eigenvalue weighted by molar-refractivity contribution is 5.36. The van der Waals surface area contributed by atoms with Crippen LogP contribution in [0.1, 0.15) is 30.4 Å². The van der Waals surface area contributed by atoms with Gasteiger partial charge in [-0.05, 0) is 62.4 Å². The van der Waals surface area contributed by atoms with Crippen LogP contribution < -0.4 is 10.5 Å². The number of nitrogens with zero attached hydrogens (tertiary/aromatic N) is 1. The number of methoxy groups -OCH3 is 1. The topological polar surface area (TPSA) is 38.5 Å². The second kappa shape index (κ2) is 6.92. The first-order valence-electron chi connectivity index (χ1n) is 7.29. The zero-order chi connectivity index (χ0) is 13.7. The molecular weight excluding hydrogens is 236 g/mol. The van der Waals surface area contributed by atoms with E-state index in [1.165, 1.54) is 37.1 Å². The smallest absolute Gasteiger partial charge is 0.121 e. The van der Waals surface area contributed by atoms with Gasteiger partial charge in [0.15, 0.2) is 0 Å². The van der Waals surface area contributed by atoms with Crippen molar-refractivity contribution in [2.24, 2.45) is 11.7 Å². The average Bonchev–Trinajstić information content (AvgIpc) is 2.40. The molecule has 1 aliphatic rings. The maximum atomic E-state index is 5.68. The van der Waals surface area contributed by atoms with Crippen molar-refractivity contribution in [2.75, 3.05) is 26.7 Å². The lowest BCUT2D eigenvalue weighted by Crippen LogP contribution is -2.35. The Morgan fingerprint density at radius 1 is 1.42 bits per heavy atom. The molecule has 0 amide bonds. The lowest BCUT2D eigenvalue weighted by Gasteiger charge is -2.32. The molecule has 0 saturated carbocycles. The number of nitrogens with two attached hydrogens (primary N) is 1. The number of rotatable bonds is 5. The molecule has 106 valence electrons. The molecule has 1 aromatic rings. The molecule has 3 heteroatoms. The van der Waals surface area contributed by atoms with E-state index in [2.05, 4.69) is 30.0 Å². The monoisotopic (exact) mass is 262 g/mol.